The Bertz CT molecular complexity index is 288. The van der Waals surface area contributed by atoms with E-state index in [1.54, 1.807) is 0 Å². The van der Waals surface area contributed by atoms with Crippen molar-refractivity contribution in [1.82, 2.24) is 5.32 Å². The smallest absolute Gasteiger partial charge is 0.242 e. The van der Waals surface area contributed by atoms with Crippen molar-refractivity contribution in [2.45, 2.75) is 51.0 Å². The lowest BCUT2D eigenvalue weighted by molar-refractivity contribution is -0.126. The van der Waals surface area contributed by atoms with Gasteiger partial charge < -0.3 is 15.8 Å². The SMILES string of the molecule is CC1CCCC(CCNC(=O)C2(N)CCOC2)C1. The summed E-state index contributed by atoms with van der Waals surface area (Å²) in [5, 5.41) is 2.98. The van der Waals surface area contributed by atoms with Gasteiger partial charge in [0.1, 0.15) is 5.54 Å². The standard InChI is InChI=1S/C14H26N2O2/c1-11-3-2-4-12(9-11)5-7-16-13(17)14(15)6-8-18-10-14/h11-12H,2-10,15H2,1H3,(H,16,17). The summed E-state index contributed by atoms with van der Waals surface area (Å²) in [6.45, 7) is 4.05. The quantitative estimate of drug-likeness (QED) is 0.798. The maximum atomic E-state index is 12.0. The molecular formula is C14H26N2O2. The molecule has 3 N–H and O–H groups in total. The van der Waals surface area contributed by atoms with Crippen molar-refractivity contribution < 1.29 is 9.53 Å². The van der Waals surface area contributed by atoms with Gasteiger partial charge in [0.25, 0.3) is 0 Å². The van der Waals surface area contributed by atoms with Gasteiger partial charge in [-0.05, 0) is 31.1 Å². The van der Waals surface area contributed by atoms with E-state index in [9.17, 15) is 4.79 Å². The van der Waals surface area contributed by atoms with Crippen LogP contribution in [0.4, 0.5) is 0 Å². The van der Waals surface area contributed by atoms with Gasteiger partial charge in [0.15, 0.2) is 0 Å². The minimum absolute atomic E-state index is 0.0381. The van der Waals surface area contributed by atoms with Crippen LogP contribution in [-0.2, 0) is 9.53 Å². The van der Waals surface area contributed by atoms with E-state index in [1.807, 2.05) is 0 Å². The largest absolute Gasteiger partial charge is 0.379 e. The molecule has 0 aromatic heterocycles. The average Bonchev–Trinajstić information content (AvgIpc) is 2.77. The summed E-state index contributed by atoms with van der Waals surface area (Å²) >= 11 is 0. The Kier molecular flexibility index (Phi) is 4.62. The van der Waals surface area contributed by atoms with Gasteiger partial charge in [-0.2, -0.15) is 0 Å². The summed E-state index contributed by atoms with van der Waals surface area (Å²) < 4.78 is 5.21. The molecule has 104 valence electrons. The fraction of sp³-hybridized carbons (Fsp3) is 0.929. The molecule has 1 heterocycles. The first-order valence-electron chi connectivity index (χ1n) is 7.25. The molecule has 0 bridgehead atoms. The minimum Gasteiger partial charge on any atom is -0.379 e. The van der Waals surface area contributed by atoms with Crippen LogP contribution in [0.3, 0.4) is 0 Å². The summed E-state index contributed by atoms with van der Waals surface area (Å²) in [4.78, 5) is 12.0. The zero-order chi connectivity index (χ0) is 13.0. The molecule has 18 heavy (non-hydrogen) atoms. The van der Waals surface area contributed by atoms with E-state index in [1.165, 1.54) is 25.7 Å². The van der Waals surface area contributed by atoms with E-state index < -0.39 is 5.54 Å². The van der Waals surface area contributed by atoms with Crippen molar-refractivity contribution in [2.75, 3.05) is 19.8 Å². The van der Waals surface area contributed by atoms with Gasteiger partial charge in [0, 0.05) is 13.2 Å². The lowest BCUT2D eigenvalue weighted by atomic mass is 9.81. The van der Waals surface area contributed by atoms with E-state index in [0.29, 0.717) is 19.6 Å². The molecule has 3 unspecified atom stereocenters. The maximum Gasteiger partial charge on any atom is 0.242 e. The third-order valence-corrected chi connectivity index (χ3v) is 4.39. The van der Waals surface area contributed by atoms with Crippen molar-refractivity contribution in [2.24, 2.45) is 17.6 Å². The highest BCUT2D eigenvalue weighted by molar-refractivity contribution is 5.86. The lowest BCUT2D eigenvalue weighted by Gasteiger charge is -2.27. The number of carbonyl (C=O) groups excluding carboxylic acids is 1. The predicted octanol–water partition coefficient (Wildman–Crippen LogP) is 1.44. The molecular weight excluding hydrogens is 228 g/mol. The second-order valence-electron chi connectivity index (χ2n) is 6.14. The molecule has 0 radical (unpaired) electrons. The van der Waals surface area contributed by atoms with E-state index in [-0.39, 0.29) is 5.91 Å². The van der Waals surface area contributed by atoms with Crippen molar-refractivity contribution >= 4 is 5.91 Å². The van der Waals surface area contributed by atoms with Crippen LogP contribution in [0.2, 0.25) is 0 Å². The highest BCUT2D eigenvalue weighted by atomic mass is 16.5. The Balaban J connectivity index is 1.67. The Morgan fingerprint density at radius 3 is 3.00 bits per heavy atom. The Morgan fingerprint density at radius 2 is 2.33 bits per heavy atom. The Hall–Kier alpha value is -0.610. The van der Waals surface area contributed by atoms with Crippen molar-refractivity contribution in [3.63, 3.8) is 0 Å². The molecule has 1 amide bonds. The Labute approximate surface area is 110 Å². The van der Waals surface area contributed by atoms with Crippen LogP contribution in [0.25, 0.3) is 0 Å². The first-order chi connectivity index (χ1) is 8.60. The first kappa shape index (κ1) is 13.8. The number of nitrogens with one attached hydrogen (secondary N) is 1. The van der Waals surface area contributed by atoms with Gasteiger partial charge in [-0.25, -0.2) is 0 Å². The number of amides is 1. The molecule has 1 aliphatic carbocycles. The number of nitrogens with two attached hydrogens (primary N) is 1. The number of hydrogen-bond donors (Lipinski definition) is 2. The summed E-state index contributed by atoms with van der Waals surface area (Å²) in [5.41, 5.74) is 5.23. The minimum atomic E-state index is -0.778. The number of carbonyl (C=O) groups is 1. The fourth-order valence-corrected chi connectivity index (χ4v) is 3.15. The van der Waals surface area contributed by atoms with Crippen LogP contribution in [0, 0.1) is 11.8 Å². The molecule has 0 spiro atoms. The molecule has 0 aromatic rings. The van der Waals surface area contributed by atoms with Crippen LogP contribution in [0.5, 0.6) is 0 Å². The third kappa shape index (κ3) is 3.45. The normalized spacial score (nSPS) is 36.6. The average molecular weight is 254 g/mol. The molecule has 1 aliphatic heterocycles. The number of rotatable bonds is 4. The Morgan fingerprint density at radius 1 is 1.50 bits per heavy atom. The van der Waals surface area contributed by atoms with E-state index >= 15 is 0 Å². The van der Waals surface area contributed by atoms with Crippen molar-refractivity contribution in [3.8, 4) is 0 Å². The molecule has 2 aliphatic rings. The van der Waals surface area contributed by atoms with E-state index in [4.69, 9.17) is 10.5 Å². The lowest BCUT2D eigenvalue weighted by Crippen LogP contribution is -2.54. The summed E-state index contributed by atoms with van der Waals surface area (Å²) in [6.07, 6.45) is 7.07. The molecule has 4 nitrogen and oxygen atoms in total. The van der Waals surface area contributed by atoms with E-state index in [0.717, 1.165) is 24.8 Å². The monoisotopic (exact) mass is 254 g/mol. The third-order valence-electron chi connectivity index (χ3n) is 4.39. The van der Waals surface area contributed by atoms with Crippen LogP contribution < -0.4 is 11.1 Å². The van der Waals surface area contributed by atoms with Crippen LogP contribution in [0.15, 0.2) is 0 Å². The zero-order valence-corrected chi connectivity index (χ0v) is 11.4. The number of ether oxygens (including phenoxy) is 1. The van der Waals surface area contributed by atoms with Crippen LogP contribution >= 0.6 is 0 Å². The van der Waals surface area contributed by atoms with E-state index in [2.05, 4.69) is 12.2 Å². The molecule has 1 saturated carbocycles. The van der Waals surface area contributed by atoms with Crippen molar-refractivity contribution in [1.29, 1.82) is 0 Å². The summed E-state index contributed by atoms with van der Waals surface area (Å²) in [5.74, 6) is 1.59. The molecule has 1 saturated heterocycles. The molecule has 3 atom stereocenters. The van der Waals surface area contributed by atoms with Gasteiger partial charge in [0.05, 0.1) is 6.61 Å². The fourth-order valence-electron chi connectivity index (χ4n) is 3.15. The second-order valence-corrected chi connectivity index (χ2v) is 6.14. The maximum absolute atomic E-state index is 12.0. The van der Waals surface area contributed by atoms with Crippen LogP contribution in [0.1, 0.15) is 45.4 Å². The number of hydrogen-bond acceptors (Lipinski definition) is 3. The second kappa shape index (κ2) is 6.02. The molecule has 2 fully saturated rings. The highest BCUT2D eigenvalue weighted by Gasteiger charge is 2.38. The first-order valence-corrected chi connectivity index (χ1v) is 7.25. The molecule has 0 aromatic carbocycles. The highest BCUT2D eigenvalue weighted by Crippen LogP contribution is 2.30. The van der Waals surface area contributed by atoms with Gasteiger partial charge in [0.2, 0.25) is 5.91 Å². The zero-order valence-electron chi connectivity index (χ0n) is 11.4. The van der Waals surface area contributed by atoms with Gasteiger partial charge >= 0.3 is 0 Å². The van der Waals surface area contributed by atoms with Gasteiger partial charge in [-0.1, -0.05) is 26.2 Å². The van der Waals surface area contributed by atoms with Crippen LogP contribution in [-0.4, -0.2) is 31.2 Å². The summed E-state index contributed by atoms with van der Waals surface area (Å²) in [7, 11) is 0. The van der Waals surface area contributed by atoms with Gasteiger partial charge in [-0.3, -0.25) is 4.79 Å². The summed E-state index contributed by atoms with van der Waals surface area (Å²) in [6, 6.07) is 0. The van der Waals surface area contributed by atoms with Gasteiger partial charge in [-0.15, -0.1) is 0 Å². The topological polar surface area (TPSA) is 64.4 Å². The predicted molar refractivity (Wildman–Crippen MR) is 71.1 cm³/mol. The molecule has 2 rings (SSSR count). The molecule has 4 heteroatoms. The van der Waals surface area contributed by atoms with Crippen molar-refractivity contribution in [3.05, 3.63) is 0 Å².